The van der Waals surface area contributed by atoms with E-state index in [-0.39, 0.29) is 29.7 Å². The van der Waals surface area contributed by atoms with Crippen molar-refractivity contribution < 1.29 is 22.9 Å². The lowest BCUT2D eigenvalue weighted by molar-refractivity contribution is -0.387. The summed E-state index contributed by atoms with van der Waals surface area (Å²) in [5.74, 6) is 0.743. The number of rotatable bonds is 8. The van der Waals surface area contributed by atoms with Crippen LogP contribution in [0.5, 0.6) is 11.5 Å². The number of sulfonamides is 1. The maximum Gasteiger partial charge on any atom is 0.289 e. The lowest BCUT2D eigenvalue weighted by Gasteiger charge is -2.39. The number of piperazine rings is 1. The molecule has 1 saturated heterocycles. The first-order valence-corrected chi connectivity index (χ1v) is 15.6. The number of carbonyl (C=O) groups is 1. The minimum absolute atomic E-state index is 0.152. The van der Waals surface area contributed by atoms with Gasteiger partial charge in [-0.15, -0.1) is 0 Å². The molecule has 0 saturated carbocycles. The first-order chi connectivity index (χ1) is 21.1. The van der Waals surface area contributed by atoms with Crippen molar-refractivity contribution in [1.82, 2.24) is 19.0 Å². The van der Waals surface area contributed by atoms with E-state index in [1.54, 1.807) is 24.3 Å². The summed E-state index contributed by atoms with van der Waals surface area (Å²) in [7, 11) is -4.07. The van der Waals surface area contributed by atoms with Crippen LogP contribution in [-0.4, -0.2) is 71.0 Å². The maximum absolute atomic E-state index is 13.3. The molecule has 44 heavy (non-hydrogen) atoms. The average Bonchev–Trinajstić information content (AvgIpc) is 3.43. The molecule has 0 radical (unpaired) electrons. The number of aromatic nitrogens is 2. The zero-order valence-corrected chi connectivity index (χ0v) is 24.7. The molecule has 1 fully saturated rings. The van der Waals surface area contributed by atoms with Gasteiger partial charge in [-0.3, -0.25) is 19.8 Å². The Morgan fingerprint density at radius 3 is 2.39 bits per heavy atom. The number of nitrogens with zero attached hydrogens (tertiary/aromatic N) is 5. The van der Waals surface area contributed by atoms with Crippen LogP contribution in [0.3, 0.4) is 0 Å². The molecule has 1 aromatic heterocycles. The van der Waals surface area contributed by atoms with E-state index in [1.807, 2.05) is 31.2 Å². The Kier molecular flexibility index (Phi) is 7.80. The van der Waals surface area contributed by atoms with Gasteiger partial charge in [0.1, 0.15) is 17.2 Å². The molecule has 228 valence electrons. The Balaban J connectivity index is 1.23. The van der Waals surface area contributed by atoms with Crippen LogP contribution < -0.4 is 15.8 Å². The lowest BCUT2D eigenvalue weighted by Crippen LogP contribution is -2.50. The number of hydrogen-bond acceptors (Lipinski definition) is 9. The molecule has 0 spiro atoms. The van der Waals surface area contributed by atoms with Gasteiger partial charge in [0.2, 0.25) is 10.0 Å². The number of amides is 1. The van der Waals surface area contributed by atoms with Gasteiger partial charge in [-0.25, -0.2) is 13.1 Å². The molecule has 0 unspecified atom stereocenters. The van der Waals surface area contributed by atoms with Crippen molar-refractivity contribution in [3.05, 3.63) is 99.9 Å². The number of aryl methyl sites for hydroxylation is 1. The van der Waals surface area contributed by atoms with Gasteiger partial charge in [0.05, 0.1) is 22.3 Å². The second kappa shape index (κ2) is 11.7. The summed E-state index contributed by atoms with van der Waals surface area (Å²) in [5, 5.41) is 19.6. The summed E-state index contributed by atoms with van der Waals surface area (Å²) in [6, 6.07) is 20.1. The van der Waals surface area contributed by atoms with Crippen LogP contribution in [0.2, 0.25) is 0 Å². The zero-order chi connectivity index (χ0) is 31.0. The number of para-hydroxylation sites is 2. The first-order valence-electron chi connectivity index (χ1n) is 14.1. The van der Waals surface area contributed by atoms with Crippen LogP contribution >= 0.6 is 0 Å². The van der Waals surface area contributed by atoms with Gasteiger partial charge in [-0.05, 0) is 55.3 Å². The van der Waals surface area contributed by atoms with Crippen LogP contribution in [-0.2, 0) is 10.0 Å². The highest BCUT2D eigenvalue weighted by atomic mass is 32.2. The fourth-order valence-corrected chi connectivity index (χ4v) is 7.34. The largest absolute Gasteiger partial charge is 0.457 e. The molecule has 4 aromatic rings. The van der Waals surface area contributed by atoms with E-state index in [1.165, 1.54) is 33.3 Å². The fraction of sp³-hybridized carbons (Fsp3) is 0.267. The third-order valence-electron chi connectivity index (χ3n) is 7.98. The van der Waals surface area contributed by atoms with Crippen LogP contribution in [0.15, 0.2) is 77.7 Å². The number of primary amides is 1. The number of nitro groups is 1. The standard InChI is InChI=1S/C30H31N7O6S/c1-20-6-2-4-8-25(20)43-22-12-10-21(11-13-22)36-29(30(31)38)28-27(33-36)24(14-15-32-28)34-16-18-35(19-17-34)44(41,42)26-9-5-3-7-23(26)37(39)40/h2-13,24,32H,14-19H2,1H3,(H2,31,38)/t24-/m1/s1. The number of nitrogens with two attached hydrogens (primary N) is 1. The number of fused-ring (bicyclic) bond motifs is 1. The van der Waals surface area contributed by atoms with Crippen LogP contribution in [0.4, 0.5) is 11.4 Å². The predicted molar refractivity (Wildman–Crippen MR) is 163 cm³/mol. The number of hydrogen-bond donors (Lipinski definition) is 2. The minimum atomic E-state index is -4.07. The summed E-state index contributed by atoms with van der Waals surface area (Å²) in [6.07, 6.45) is 0.683. The Labute approximate surface area is 254 Å². The molecule has 0 aliphatic carbocycles. The van der Waals surface area contributed by atoms with Crippen molar-refractivity contribution in [1.29, 1.82) is 0 Å². The minimum Gasteiger partial charge on any atom is -0.457 e. The van der Waals surface area contributed by atoms with E-state index in [0.29, 0.717) is 48.9 Å². The Hall–Kier alpha value is -4.79. The van der Waals surface area contributed by atoms with Gasteiger partial charge in [-0.2, -0.15) is 9.40 Å². The normalized spacial score (nSPS) is 17.4. The van der Waals surface area contributed by atoms with Crippen molar-refractivity contribution in [2.24, 2.45) is 5.73 Å². The van der Waals surface area contributed by atoms with E-state index in [0.717, 1.165) is 11.3 Å². The molecule has 6 rings (SSSR count). The maximum atomic E-state index is 13.3. The zero-order valence-electron chi connectivity index (χ0n) is 23.9. The summed E-state index contributed by atoms with van der Waals surface area (Å²) in [4.78, 5) is 25.3. The molecule has 3 heterocycles. The smallest absolute Gasteiger partial charge is 0.289 e. The van der Waals surface area contributed by atoms with E-state index in [2.05, 4.69) is 10.2 Å². The number of carbonyl (C=O) groups excluding carboxylic acids is 1. The molecule has 13 nitrogen and oxygen atoms in total. The molecular weight excluding hydrogens is 586 g/mol. The molecule has 2 aliphatic rings. The van der Waals surface area contributed by atoms with Crippen molar-refractivity contribution in [2.45, 2.75) is 24.3 Å². The average molecular weight is 618 g/mol. The highest BCUT2D eigenvalue weighted by Crippen LogP contribution is 2.38. The number of ether oxygens (including phenoxy) is 1. The van der Waals surface area contributed by atoms with Crippen LogP contribution in [0.25, 0.3) is 5.69 Å². The number of benzene rings is 3. The Morgan fingerprint density at radius 2 is 1.70 bits per heavy atom. The molecule has 0 bridgehead atoms. The monoisotopic (exact) mass is 617 g/mol. The second-order valence-electron chi connectivity index (χ2n) is 10.6. The van der Waals surface area contributed by atoms with Gasteiger partial charge < -0.3 is 15.8 Å². The molecule has 3 N–H and O–H groups in total. The van der Waals surface area contributed by atoms with Gasteiger partial charge in [0, 0.05) is 38.8 Å². The molecule has 14 heteroatoms. The molecular formula is C30H31N7O6S. The van der Waals surface area contributed by atoms with Crippen LogP contribution in [0.1, 0.15) is 34.2 Å². The highest BCUT2D eigenvalue weighted by molar-refractivity contribution is 7.89. The van der Waals surface area contributed by atoms with Gasteiger partial charge in [-0.1, -0.05) is 30.3 Å². The highest BCUT2D eigenvalue weighted by Gasteiger charge is 2.38. The Morgan fingerprint density at radius 1 is 1.02 bits per heavy atom. The predicted octanol–water partition coefficient (Wildman–Crippen LogP) is 3.84. The third kappa shape index (κ3) is 5.38. The van der Waals surface area contributed by atoms with Crippen molar-refractivity contribution in [3.8, 4) is 17.2 Å². The van der Waals surface area contributed by atoms with E-state index >= 15 is 0 Å². The van der Waals surface area contributed by atoms with E-state index in [4.69, 9.17) is 15.6 Å². The SMILES string of the molecule is Cc1ccccc1Oc1ccc(-n2nc3c(c2C(N)=O)NCC[C@H]3N2CCN(S(=O)(=O)c3ccccc3[N+](=O)[O-])CC2)cc1. The van der Waals surface area contributed by atoms with Gasteiger partial charge in [0.25, 0.3) is 11.6 Å². The Bertz CT molecular complexity index is 1830. The van der Waals surface area contributed by atoms with E-state index in [9.17, 15) is 23.3 Å². The molecule has 1 atom stereocenters. The van der Waals surface area contributed by atoms with Gasteiger partial charge in [0.15, 0.2) is 10.6 Å². The summed E-state index contributed by atoms with van der Waals surface area (Å²) in [6.45, 7) is 3.61. The molecule has 1 amide bonds. The molecule has 3 aromatic carbocycles. The second-order valence-corrected chi connectivity index (χ2v) is 12.5. The van der Waals surface area contributed by atoms with E-state index < -0.39 is 26.5 Å². The fourth-order valence-electron chi connectivity index (χ4n) is 5.76. The number of nitrogens with one attached hydrogen (secondary N) is 1. The topological polar surface area (TPSA) is 166 Å². The van der Waals surface area contributed by atoms with Crippen molar-refractivity contribution >= 4 is 27.3 Å². The first kappa shape index (κ1) is 29.3. The summed E-state index contributed by atoms with van der Waals surface area (Å²) in [5.41, 5.74) is 8.48. The van der Waals surface area contributed by atoms with Gasteiger partial charge >= 0.3 is 0 Å². The third-order valence-corrected chi connectivity index (χ3v) is 9.92. The quantitative estimate of drug-likeness (QED) is 0.221. The number of anilines is 1. The summed E-state index contributed by atoms with van der Waals surface area (Å²) >= 11 is 0. The summed E-state index contributed by atoms with van der Waals surface area (Å²) < 4.78 is 35.5. The van der Waals surface area contributed by atoms with Crippen molar-refractivity contribution in [3.63, 3.8) is 0 Å². The molecule has 2 aliphatic heterocycles. The lowest BCUT2D eigenvalue weighted by atomic mass is 10.0. The van der Waals surface area contributed by atoms with Crippen molar-refractivity contribution in [2.75, 3.05) is 38.0 Å². The number of nitro benzene ring substituents is 1. The van der Waals surface area contributed by atoms with Crippen LogP contribution in [0, 0.1) is 17.0 Å².